The fraction of sp³-hybridized carbons (Fsp3) is 0.200. The molecule has 2 aromatic heterocycles. The van der Waals surface area contributed by atoms with Crippen molar-refractivity contribution < 1.29 is 18.6 Å². The molecule has 5 rings (SSSR count). The van der Waals surface area contributed by atoms with Crippen molar-refractivity contribution in [2.75, 3.05) is 10.6 Å². The first-order chi connectivity index (χ1) is 16.0. The van der Waals surface area contributed by atoms with Gasteiger partial charge in [0.1, 0.15) is 22.8 Å². The molecule has 8 heteroatoms. The van der Waals surface area contributed by atoms with Crippen molar-refractivity contribution in [3.8, 4) is 22.6 Å². The van der Waals surface area contributed by atoms with Gasteiger partial charge >= 0.3 is 0 Å². The van der Waals surface area contributed by atoms with Gasteiger partial charge < -0.3 is 19.7 Å². The Bertz CT molecular complexity index is 1210. The highest BCUT2D eigenvalue weighted by atomic mass is 16.5. The Morgan fingerprint density at radius 2 is 1.12 bits per heavy atom. The molecule has 8 nitrogen and oxygen atoms in total. The molecule has 1 saturated carbocycles. The van der Waals surface area contributed by atoms with Gasteiger partial charge in [0.2, 0.25) is 11.8 Å². The van der Waals surface area contributed by atoms with E-state index in [4.69, 9.17) is 9.05 Å². The molecule has 1 aliphatic rings. The first-order valence-electron chi connectivity index (χ1n) is 10.7. The van der Waals surface area contributed by atoms with Crippen molar-refractivity contribution in [1.29, 1.82) is 0 Å². The molecule has 0 bridgehead atoms. The van der Waals surface area contributed by atoms with E-state index >= 15 is 0 Å². The molecule has 2 amide bonds. The first kappa shape index (κ1) is 20.7. The fourth-order valence-electron chi connectivity index (χ4n) is 3.81. The Kier molecular flexibility index (Phi) is 5.26. The van der Waals surface area contributed by atoms with E-state index in [0.717, 1.165) is 11.1 Å². The Labute approximate surface area is 190 Å². The predicted molar refractivity (Wildman–Crippen MR) is 122 cm³/mol. The maximum absolute atomic E-state index is 12.9. The van der Waals surface area contributed by atoms with E-state index < -0.39 is 11.8 Å². The van der Waals surface area contributed by atoms with Crippen LogP contribution in [0.5, 0.6) is 0 Å². The highest BCUT2D eigenvalue weighted by Gasteiger charge is 2.48. The standard InChI is InChI=1S/C25H22N4O4/c1-14-20(22(32-28-14)16-9-5-3-6-10-16)26-24(30)18-13-19(18)25(31)27-21-15(2)29-33-23(21)17-11-7-4-8-12-17/h3-12,18-19H,13H2,1-2H3,(H,26,30)(H,27,31). The lowest BCUT2D eigenvalue weighted by atomic mass is 10.1. The summed E-state index contributed by atoms with van der Waals surface area (Å²) >= 11 is 0. The Hall–Kier alpha value is -4.20. The molecule has 0 spiro atoms. The first-order valence-corrected chi connectivity index (χ1v) is 10.7. The lowest BCUT2D eigenvalue weighted by Crippen LogP contribution is -2.21. The second-order valence-electron chi connectivity index (χ2n) is 8.10. The zero-order chi connectivity index (χ0) is 22.9. The van der Waals surface area contributed by atoms with Crippen LogP contribution < -0.4 is 10.6 Å². The van der Waals surface area contributed by atoms with Gasteiger partial charge in [0.25, 0.3) is 0 Å². The number of nitrogens with one attached hydrogen (secondary N) is 2. The largest absolute Gasteiger partial charge is 0.354 e. The average Bonchev–Trinajstić information content (AvgIpc) is 3.47. The number of carbonyl (C=O) groups is 2. The van der Waals surface area contributed by atoms with Crippen LogP contribution in [0.2, 0.25) is 0 Å². The smallest absolute Gasteiger partial charge is 0.228 e. The third-order valence-corrected chi connectivity index (χ3v) is 5.76. The van der Waals surface area contributed by atoms with Gasteiger partial charge in [-0.1, -0.05) is 71.0 Å². The molecule has 2 N–H and O–H groups in total. The van der Waals surface area contributed by atoms with Crippen LogP contribution in [0.15, 0.2) is 69.7 Å². The summed E-state index contributed by atoms with van der Waals surface area (Å²) in [6.07, 6.45) is 0.466. The minimum atomic E-state index is -0.428. The number of rotatable bonds is 6. The maximum atomic E-state index is 12.9. The zero-order valence-electron chi connectivity index (χ0n) is 18.2. The van der Waals surface area contributed by atoms with Gasteiger partial charge in [-0.05, 0) is 20.3 Å². The molecule has 4 aromatic rings. The van der Waals surface area contributed by atoms with E-state index in [0.29, 0.717) is 40.7 Å². The Balaban J connectivity index is 1.28. The van der Waals surface area contributed by atoms with Crippen LogP contribution in [0, 0.1) is 25.7 Å². The van der Waals surface area contributed by atoms with Crippen LogP contribution >= 0.6 is 0 Å². The lowest BCUT2D eigenvalue weighted by molar-refractivity contribution is -0.122. The van der Waals surface area contributed by atoms with Gasteiger partial charge in [-0.25, -0.2) is 0 Å². The minimum Gasteiger partial charge on any atom is -0.354 e. The lowest BCUT2D eigenvalue weighted by Gasteiger charge is -2.07. The number of benzene rings is 2. The van der Waals surface area contributed by atoms with Crippen molar-refractivity contribution in [3.63, 3.8) is 0 Å². The third-order valence-electron chi connectivity index (χ3n) is 5.76. The van der Waals surface area contributed by atoms with Crippen LogP contribution in [0.1, 0.15) is 17.8 Å². The van der Waals surface area contributed by atoms with E-state index in [1.807, 2.05) is 60.7 Å². The highest BCUT2D eigenvalue weighted by molar-refractivity contribution is 6.05. The van der Waals surface area contributed by atoms with Crippen molar-refractivity contribution in [1.82, 2.24) is 10.3 Å². The summed E-state index contributed by atoms with van der Waals surface area (Å²) < 4.78 is 10.9. The molecule has 2 unspecified atom stereocenters. The number of anilines is 2. The quantitative estimate of drug-likeness (QED) is 0.443. The normalized spacial score (nSPS) is 16.9. The van der Waals surface area contributed by atoms with Crippen molar-refractivity contribution in [2.45, 2.75) is 20.3 Å². The molecule has 0 radical (unpaired) electrons. The molecule has 0 saturated heterocycles. The van der Waals surface area contributed by atoms with Crippen molar-refractivity contribution in [2.24, 2.45) is 11.8 Å². The SMILES string of the molecule is Cc1noc(-c2ccccc2)c1NC(=O)C1CC1C(=O)Nc1c(C)noc1-c1ccccc1. The van der Waals surface area contributed by atoms with Gasteiger partial charge in [0.15, 0.2) is 11.5 Å². The Morgan fingerprint density at radius 1 is 0.727 bits per heavy atom. The highest BCUT2D eigenvalue weighted by Crippen LogP contribution is 2.42. The van der Waals surface area contributed by atoms with Gasteiger partial charge in [-0.15, -0.1) is 0 Å². The third kappa shape index (κ3) is 4.03. The summed E-state index contributed by atoms with van der Waals surface area (Å²) in [6.45, 7) is 3.53. The molecular weight excluding hydrogens is 420 g/mol. The molecule has 2 atom stereocenters. The van der Waals surface area contributed by atoms with Crippen LogP contribution in [0.25, 0.3) is 22.6 Å². The molecule has 33 heavy (non-hydrogen) atoms. The summed E-state index contributed by atoms with van der Waals surface area (Å²) in [5, 5.41) is 13.8. The van der Waals surface area contributed by atoms with Crippen LogP contribution in [0.4, 0.5) is 11.4 Å². The number of amides is 2. The van der Waals surface area contributed by atoms with E-state index in [-0.39, 0.29) is 11.8 Å². The van der Waals surface area contributed by atoms with Crippen LogP contribution in [0.3, 0.4) is 0 Å². The number of hydrogen-bond acceptors (Lipinski definition) is 6. The topological polar surface area (TPSA) is 110 Å². The summed E-state index contributed by atoms with van der Waals surface area (Å²) in [5.41, 5.74) is 3.84. The monoisotopic (exact) mass is 442 g/mol. The number of hydrogen-bond donors (Lipinski definition) is 2. The van der Waals surface area contributed by atoms with Gasteiger partial charge in [0.05, 0.1) is 11.8 Å². The zero-order valence-corrected chi connectivity index (χ0v) is 18.2. The molecule has 166 valence electrons. The second-order valence-corrected chi connectivity index (χ2v) is 8.10. The summed E-state index contributed by atoms with van der Waals surface area (Å²) in [4.78, 5) is 25.8. The predicted octanol–water partition coefficient (Wildman–Crippen LogP) is 4.83. The second kappa shape index (κ2) is 8.38. The van der Waals surface area contributed by atoms with Gasteiger partial charge in [-0.3, -0.25) is 9.59 Å². The number of aryl methyl sites for hydroxylation is 2. The van der Waals surface area contributed by atoms with Gasteiger partial charge in [-0.2, -0.15) is 0 Å². The van der Waals surface area contributed by atoms with Crippen molar-refractivity contribution in [3.05, 3.63) is 72.1 Å². The van der Waals surface area contributed by atoms with Crippen LogP contribution in [-0.4, -0.2) is 22.1 Å². The average molecular weight is 442 g/mol. The van der Waals surface area contributed by atoms with Crippen LogP contribution in [-0.2, 0) is 9.59 Å². The van der Waals surface area contributed by atoms with E-state index in [9.17, 15) is 9.59 Å². The molecule has 1 aliphatic carbocycles. The number of carbonyl (C=O) groups excluding carboxylic acids is 2. The molecular formula is C25H22N4O4. The fourth-order valence-corrected chi connectivity index (χ4v) is 3.81. The summed E-state index contributed by atoms with van der Waals surface area (Å²) in [5.74, 6) is -0.328. The van der Waals surface area contributed by atoms with E-state index in [1.54, 1.807) is 13.8 Å². The Morgan fingerprint density at radius 3 is 1.52 bits per heavy atom. The molecule has 2 aromatic carbocycles. The summed E-state index contributed by atoms with van der Waals surface area (Å²) in [6, 6.07) is 18.9. The summed E-state index contributed by atoms with van der Waals surface area (Å²) in [7, 11) is 0. The van der Waals surface area contributed by atoms with E-state index in [2.05, 4.69) is 20.9 Å². The van der Waals surface area contributed by atoms with E-state index in [1.165, 1.54) is 0 Å². The minimum absolute atomic E-state index is 0.232. The number of nitrogens with zero attached hydrogens (tertiary/aromatic N) is 2. The molecule has 0 aliphatic heterocycles. The van der Waals surface area contributed by atoms with Gasteiger partial charge in [0, 0.05) is 11.1 Å². The molecule has 2 heterocycles. The number of aromatic nitrogens is 2. The maximum Gasteiger partial charge on any atom is 0.228 e. The molecule has 1 fully saturated rings. The van der Waals surface area contributed by atoms with Crippen molar-refractivity contribution >= 4 is 23.2 Å².